The number of ether oxygens (including phenoxy) is 1. The number of rotatable bonds is 3. The molecule has 0 spiro atoms. The Morgan fingerprint density at radius 1 is 1.38 bits per heavy atom. The molecule has 0 aromatic heterocycles. The SMILES string of the molecule is CC1CC(C)(C)CC1(O)CCC1CCCO1. The van der Waals surface area contributed by atoms with Crippen LogP contribution in [-0.2, 0) is 4.74 Å². The first kappa shape index (κ1) is 12.4. The summed E-state index contributed by atoms with van der Waals surface area (Å²) in [4.78, 5) is 0. The molecule has 1 saturated heterocycles. The van der Waals surface area contributed by atoms with Crippen LogP contribution in [0.25, 0.3) is 0 Å². The molecule has 94 valence electrons. The first-order valence-electron chi connectivity index (χ1n) is 6.75. The van der Waals surface area contributed by atoms with E-state index in [1.165, 1.54) is 12.8 Å². The molecule has 2 fully saturated rings. The third-order valence-corrected chi connectivity index (χ3v) is 4.48. The Hall–Kier alpha value is -0.0800. The quantitative estimate of drug-likeness (QED) is 0.801. The summed E-state index contributed by atoms with van der Waals surface area (Å²) in [5.74, 6) is 0.434. The molecule has 3 atom stereocenters. The highest BCUT2D eigenvalue weighted by Gasteiger charge is 2.47. The summed E-state index contributed by atoms with van der Waals surface area (Å²) in [6.45, 7) is 7.66. The normalized spacial score (nSPS) is 42.8. The second-order valence-electron chi connectivity index (χ2n) is 6.72. The van der Waals surface area contributed by atoms with Gasteiger partial charge in [-0.05, 0) is 49.9 Å². The average Bonchev–Trinajstić information content (AvgIpc) is 2.71. The molecule has 16 heavy (non-hydrogen) atoms. The van der Waals surface area contributed by atoms with Gasteiger partial charge in [0.1, 0.15) is 0 Å². The molecule has 1 N–H and O–H groups in total. The molecule has 2 nitrogen and oxygen atoms in total. The van der Waals surface area contributed by atoms with Gasteiger partial charge in [0, 0.05) is 6.61 Å². The van der Waals surface area contributed by atoms with Crippen molar-refractivity contribution < 1.29 is 9.84 Å². The summed E-state index contributed by atoms with van der Waals surface area (Å²) < 4.78 is 5.63. The van der Waals surface area contributed by atoms with E-state index in [0.717, 1.165) is 32.3 Å². The van der Waals surface area contributed by atoms with Crippen LogP contribution in [0.2, 0.25) is 0 Å². The Balaban J connectivity index is 1.87. The fourth-order valence-corrected chi connectivity index (χ4v) is 3.71. The van der Waals surface area contributed by atoms with Crippen LogP contribution >= 0.6 is 0 Å². The van der Waals surface area contributed by atoms with Crippen LogP contribution in [0.1, 0.15) is 59.3 Å². The van der Waals surface area contributed by atoms with Gasteiger partial charge in [-0.2, -0.15) is 0 Å². The van der Waals surface area contributed by atoms with Gasteiger partial charge in [0.15, 0.2) is 0 Å². The van der Waals surface area contributed by atoms with Crippen molar-refractivity contribution in [2.75, 3.05) is 6.61 Å². The maximum absolute atomic E-state index is 10.7. The lowest BCUT2D eigenvalue weighted by Crippen LogP contribution is -2.33. The van der Waals surface area contributed by atoms with E-state index < -0.39 is 5.60 Å². The smallest absolute Gasteiger partial charge is 0.0679 e. The summed E-state index contributed by atoms with van der Waals surface area (Å²) in [5, 5.41) is 10.7. The van der Waals surface area contributed by atoms with Crippen LogP contribution in [0, 0.1) is 11.3 Å². The van der Waals surface area contributed by atoms with Crippen LogP contribution in [0.4, 0.5) is 0 Å². The van der Waals surface area contributed by atoms with Crippen LogP contribution in [0.3, 0.4) is 0 Å². The minimum Gasteiger partial charge on any atom is -0.390 e. The standard InChI is InChI=1S/C14H26O2/c1-11-9-13(2,3)10-14(11,15)7-6-12-5-4-8-16-12/h11-12,15H,4-10H2,1-3H3. The lowest BCUT2D eigenvalue weighted by molar-refractivity contribution is -0.0189. The van der Waals surface area contributed by atoms with Gasteiger partial charge in [-0.15, -0.1) is 0 Å². The van der Waals surface area contributed by atoms with Gasteiger partial charge in [-0.1, -0.05) is 20.8 Å². The largest absolute Gasteiger partial charge is 0.390 e. The van der Waals surface area contributed by atoms with Crippen molar-refractivity contribution >= 4 is 0 Å². The molecule has 2 heteroatoms. The monoisotopic (exact) mass is 226 g/mol. The van der Waals surface area contributed by atoms with Crippen molar-refractivity contribution in [1.82, 2.24) is 0 Å². The van der Waals surface area contributed by atoms with Gasteiger partial charge in [0.2, 0.25) is 0 Å². The van der Waals surface area contributed by atoms with Gasteiger partial charge in [0.05, 0.1) is 11.7 Å². The Morgan fingerprint density at radius 2 is 2.12 bits per heavy atom. The third-order valence-electron chi connectivity index (χ3n) is 4.48. The predicted octanol–water partition coefficient (Wildman–Crippen LogP) is 3.13. The van der Waals surface area contributed by atoms with E-state index in [-0.39, 0.29) is 0 Å². The third kappa shape index (κ3) is 2.60. The average molecular weight is 226 g/mol. The van der Waals surface area contributed by atoms with Crippen molar-refractivity contribution in [2.24, 2.45) is 11.3 Å². The molecule has 1 saturated carbocycles. The molecule has 2 aliphatic rings. The fraction of sp³-hybridized carbons (Fsp3) is 1.00. The van der Waals surface area contributed by atoms with E-state index >= 15 is 0 Å². The minimum absolute atomic E-state index is 0.310. The summed E-state index contributed by atoms with van der Waals surface area (Å²) >= 11 is 0. The lowest BCUT2D eigenvalue weighted by Gasteiger charge is -2.29. The van der Waals surface area contributed by atoms with Gasteiger partial charge < -0.3 is 9.84 Å². The van der Waals surface area contributed by atoms with E-state index in [2.05, 4.69) is 20.8 Å². The maximum Gasteiger partial charge on any atom is 0.0679 e. The summed E-state index contributed by atoms with van der Waals surface area (Å²) in [6, 6.07) is 0. The Kier molecular flexibility index (Phi) is 3.33. The predicted molar refractivity (Wildman–Crippen MR) is 65.3 cm³/mol. The molecule has 0 aromatic rings. The number of aliphatic hydroxyl groups is 1. The highest BCUT2D eigenvalue weighted by molar-refractivity contribution is 4.98. The van der Waals surface area contributed by atoms with Crippen LogP contribution in [0.5, 0.6) is 0 Å². The van der Waals surface area contributed by atoms with E-state index in [1.807, 2.05) is 0 Å². The Bertz CT molecular complexity index is 243. The van der Waals surface area contributed by atoms with Crippen LogP contribution < -0.4 is 0 Å². The first-order valence-corrected chi connectivity index (χ1v) is 6.75. The molecule has 0 radical (unpaired) electrons. The van der Waals surface area contributed by atoms with Crippen molar-refractivity contribution in [3.8, 4) is 0 Å². The maximum atomic E-state index is 10.7. The Labute approximate surface area is 99.4 Å². The zero-order chi connectivity index (χ0) is 11.8. The van der Waals surface area contributed by atoms with Crippen molar-refractivity contribution in [1.29, 1.82) is 0 Å². The molecule has 3 unspecified atom stereocenters. The second-order valence-corrected chi connectivity index (χ2v) is 6.72. The number of hydrogen-bond donors (Lipinski definition) is 1. The topological polar surface area (TPSA) is 29.5 Å². The van der Waals surface area contributed by atoms with E-state index in [4.69, 9.17) is 4.74 Å². The molecule has 0 aromatic carbocycles. The molecule has 0 bridgehead atoms. The second kappa shape index (κ2) is 4.30. The molecule has 2 rings (SSSR count). The highest BCUT2D eigenvalue weighted by Crippen LogP contribution is 2.49. The van der Waals surface area contributed by atoms with E-state index in [0.29, 0.717) is 17.4 Å². The molecule has 1 heterocycles. The van der Waals surface area contributed by atoms with Gasteiger partial charge in [-0.25, -0.2) is 0 Å². The van der Waals surface area contributed by atoms with Gasteiger partial charge in [0.25, 0.3) is 0 Å². The zero-order valence-corrected chi connectivity index (χ0v) is 11.0. The molecular weight excluding hydrogens is 200 g/mol. The first-order chi connectivity index (χ1) is 7.41. The minimum atomic E-state index is -0.435. The van der Waals surface area contributed by atoms with E-state index in [9.17, 15) is 5.11 Å². The lowest BCUT2D eigenvalue weighted by atomic mass is 9.85. The summed E-state index contributed by atoms with van der Waals surface area (Å²) in [7, 11) is 0. The van der Waals surface area contributed by atoms with Crippen LogP contribution in [-0.4, -0.2) is 23.4 Å². The summed E-state index contributed by atoms with van der Waals surface area (Å²) in [5.41, 5.74) is -0.125. The zero-order valence-electron chi connectivity index (χ0n) is 11.0. The summed E-state index contributed by atoms with van der Waals surface area (Å²) in [6.07, 6.45) is 6.86. The van der Waals surface area contributed by atoms with Crippen LogP contribution in [0.15, 0.2) is 0 Å². The van der Waals surface area contributed by atoms with Crippen molar-refractivity contribution in [2.45, 2.75) is 71.0 Å². The highest BCUT2D eigenvalue weighted by atomic mass is 16.5. The molecule has 0 amide bonds. The van der Waals surface area contributed by atoms with Gasteiger partial charge >= 0.3 is 0 Å². The van der Waals surface area contributed by atoms with Crippen molar-refractivity contribution in [3.63, 3.8) is 0 Å². The molecule has 1 aliphatic heterocycles. The van der Waals surface area contributed by atoms with E-state index in [1.54, 1.807) is 0 Å². The fourth-order valence-electron chi connectivity index (χ4n) is 3.71. The Morgan fingerprint density at radius 3 is 2.62 bits per heavy atom. The van der Waals surface area contributed by atoms with Crippen molar-refractivity contribution in [3.05, 3.63) is 0 Å². The van der Waals surface area contributed by atoms with Gasteiger partial charge in [-0.3, -0.25) is 0 Å². The molecule has 1 aliphatic carbocycles. The molecular formula is C14H26O2. The number of hydrogen-bond acceptors (Lipinski definition) is 2.